The highest BCUT2D eigenvalue weighted by atomic mass is 32.2. The molecule has 2 aromatic rings. The van der Waals surface area contributed by atoms with E-state index in [1.807, 2.05) is 0 Å². The first-order chi connectivity index (χ1) is 11.7. The van der Waals surface area contributed by atoms with Crippen LogP contribution in [0.1, 0.15) is 21.7 Å². The summed E-state index contributed by atoms with van der Waals surface area (Å²) >= 11 is 0.847. The van der Waals surface area contributed by atoms with Crippen molar-refractivity contribution in [1.29, 1.82) is 0 Å². The molecule has 0 saturated carbocycles. The number of hydrogen-bond acceptors (Lipinski definition) is 6. The summed E-state index contributed by atoms with van der Waals surface area (Å²) in [5.41, 5.74) is -0.488. The van der Waals surface area contributed by atoms with E-state index in [-0.39, 0.29) is 22.4 Å². The molecule has 25 heavy (non-hydrogen) atoms. The number of hydrogen-bond donors (Lipinski definition) is 0. The van der Waals surface area contributed by atoms with Crippen LogP contribution in [0.4, 0.5) is 13.2 Å². The lowest BCUT2D eigenvalue weighted by Gasteiger charge is -2.10. The number of methoxy groups -OCH3 is 2. The van der Waals surface area contributed by atoms with Gasteiger partial charge in [0.25, 0.3) is 0 Å². The van der Waals surface area contributed by atoms with Crippen LogP contribution in [0.2, 0.25) is 0 Å². The number of halogens is 3. The minimum Gasteiger partial charge on any atom is -0.493 e. The Kier molecular flexibility index (Phi) is 5.89. The molecule has 0 unspecified atom stereocenters. The third kappa shape index (κ3) is 4.85. The van der Waals surface area contributed by atoms with E-state index in [0.29, 0.717) is 17.1 Å². The van der Waals surface area contributed by atoms with Gasteiger partial charge in [-0.3, -0.25) is 4.79 Å². The molecule has 0 atom stereocenters. The Balaban J connectivity index is 2.14. The summed E-state index contributed by atoms with van der Waals surface area (Å²) in [7, 11) is 2.92. The molecule has 5 nitrogen and oxygen atoms in total. The molecule has 1 aromatic carbocycles. The van der Waals surface area contributed by atoms with E-state index in [4.69, 9.17) is 9.47 Å². The predicted octanol–water partition coefficient (Wildman–Crippen LogP) is 3.80. The Hall–Kier alpha value is -2.29. The lowest BCUT2D eigenvalue weighted by molar-refractivity contribution is -0.141. The second-order valence-corrected chi connectivity index (χ2v) is 5.90. The van der Waals surface area contributed by atoms with Crippen molar-refractivity contribution in [3.05, 3.63) is 41.2 Å². The number of aryl methyl sites for hydroxylation is 1. The number of thioether (sulfide) groups is 1. The quantitative estimate of drug-likeness (QED) is 0.437. The van der Waals surface area contributed by atoms with E-state index in [0.717, 1.165) is 17.8 Å². The normalized spacial score (nSPS) is 11.3. The summed E-state index contributed by atoms with van der Waals surface area (Å²) in [6.07, 6.45) is -4.56. The van der Waals surface area contributed by atoms with Gasteiger partial charge in [-0.05, 0) is 31.2 Å². The monoisotopic (exact) mass is 372 g/mol. The van der Waals surface area contributed by atoms with Crippen molar-refractivity contribution < 1.29 is 27.4 Å². The molecule has 0 aliphatic carbocycles. The Bertz CT molecular complexity index is 782. The molecule has 9 heteroatoms. The van der Waals surface area contributed by atoms with Gasteiger partial charge in [0.1, 0.15) is 5.69 Å². The topological polar surface area (TPSA) is 61.3 Å². The standard InChI is InChI=1S/C16H15F3N2O3S/c1-9-6-14(16(17,18)19)21-15(20-9)25-8-11(22)10-4-5-12(23-2)13(7-10)24-3/h4-7H,8H2,1-3H3. The van der Waals surface area contributed by atoms with Crippen LogP contribution >= 0.6 is 11.8 Å². The molecule has 0 bridgehead atoms. The number of Topliss-reactive ketones (excluding diaryl/α,β-unsaturated/α-hetero) is 1. The average Bonchev–Trinajstić information content (AvgIpc) is 2.57. The molecule has 0 aliphatic heterocycles. The third-order valence-electron chi connectivity index (χ3n) is 3.16. The molecule has 134 valence electrons. The number of ether oxygens (including phenoxy) is 2. The van der Waals surface area contributed by atoms with Crippen LogP contribution < -0.4 is 9.47 Å². The second kappa shape index (κ2) is 7.73. The first-order valence-corrected chi connectivity index (χ1v) is 8.04. The summed E-state index contributed by atoms with van der Waals surface area (Å²) < 4.78 is 48.5. The van der Waals surface area contributed by atoms with Gasteiger partial charge >= 0.3 is 6.18 Å². The maximum atomic E-state index is 12.8. The van der Waals surface area contributed by atoms with Crippen molar-refractivity contribution in [3.8, 4) is 11.5 Å². The summed E-state index contributed by atoms with van der Waals surface area (Å²) in [6, 6.07) is 5.52. The fourth-order valence-electron chi connectivity index (χ4n) is 1.97. The van der Waals surface area contributed by atoms with Gasteiger partial charge in [-0.15, -0.1) is 0 Å². The number of nitrogens with zero attached hydrogens (tertiary/aromatic N) is 2. The van der Waals surface area contributed by atoms with Crippen LogP contribution in [0.5, 0.6) is 11.5 Å². The number of rotatable bonds is 6. The zero-order valence-electron chi connectivity index (χ0n) is 13.7. The molecule has 2 rings (SSSR count). The lowest BCUT2D eigenvalue weighted by Crippen LogP contribution is -2.11. The van der Waals surface area contributed by atoms with Crippen molar-refractivity contribution in [2.45, 2.75) is 18.3 Å². The van der Waals surface area contributed by atoms with Crippen LogP contribution in [-0.4, -0.2) is 35.7 Å². The van der Waals surface area contributed by atoms with Gasteiger partial charge in [0.05, 0.1) is 20.0 Å². The van der Waals surface area contributed by atoms with E-state index in [9.17, 15) is 18.0 Å². The van der Waals surface area contributed by atoms with E-state index in [1.165, 1.54) is 27.2 Å². The SMILES string of the molecule is COc1ccc(C(=O)CSc2nc(C)cc(C(F)(F)F)n2)cc1OC. The van der Waals surface area contributed by atoms with Crippen LogP contribution in [0, 0.1) is 6.92 Å². The van der Waals surface area contributed by atoms with Gasteiger partial charge in [-0.2, -0.15) is 13.2 Å². The predicted molar refractivity (Wildman–Crippen MR) is 86.4 cm³/mol. The van der Waals surface area contributed by atoms with Gasteiger partial charge in [0.15, 0.2) is 22.4 Å². The molecular weight excluding hydrogens is 357 g/mol. The van der Waals surface area contributed by atoms with E-state index < -0.39 is 11.9 Å². The minimum absolute atomic E-state index is 0.0962. The van der Waals surface area contributed by atoms with E-state index in [1.54, 1.807) is 12.1 Å². The Morgan fingerprint density at radius 2 is 1.80 bits per heavy atom. The Morgan fingerprint density at radius 1 is 1.12 bits per heavy atom. The Labute approximate surface area is 146 Å². The molecule has 0 saturated heterocycles. The van der Waals surface area contributed by atoms with Crippen LogP contribution in [0.15, 0.2) is 29.4 Å². The average molecular weight is 372 g/mol. The third-order valence-corrected chi connectivity index (χ3v) is 4.01. The smallest absolute Gasteiger partial charge is 0.433 e. The molecule has 0 amide bonds. The first-order valence-electron chi connectivity index (χ1n) is 7.05. The molecule has 0 fully saturated rings. The highest BCUT2D eigenvalue weighted by Gasteiger charge is 2.33. The van der Waals surface area contributed by atoms with Gasteiger partial charge in [0, 0.05) is 11.3 Å². The summed E-state index contributed by atoms with van der Waals surface area (Å²) in [6.45, 7) is 1.44. The fraction of sp³-hybridized carbons (Fsp3) is 0.312. The number of carbonyl (C=O) groups is 1. The highest BCUT2D eigenvalue weighted by Crippen LogP contribution is 2.30. The van der Waals surface area contributed by atoms with Crippen LogP contribution in [0.3, 0.4) is 0 Å². The molecule has 0 spiro atoms. The van der Waals surface area contributed by atoms with Crippen molar-refractivity contribution in [2.75, 3.05) is 20.0 Å². The molecular formula is C16H15F3N2O3S. The second-order valence-electron chi connectivity index (χ2n) is 4.96. The molecule has 0 N–H and O–H groups in total. The van der Waals surface area contributed by atoms with Gasteiger partial charge < -0.3 is 9.47 Å². The molecule has 0 radical (unpaired) electrons. The number of aromatic nitrogens is 2. The van der Waals surface area contributed by atoms with Crippen molar-refractivity contribution in [2.24, 2.45) is 0 Å². The highest BCUT2D eigenvalue weighted by molar-refractivity contribution is 7.99. The molecule has 0 aliphatic rings. The lowest BCUT2D eigenvalue weighted by atomic mass is 10.1. The number of benzene rings is 1. The maximum Gasteiger partial charge on any atom is 0.433 e. The van der Waals surface area contributed by atoms with E-state index in [2.05, 4.69) is 9.97 Å². The molecule has 1 aromatic heterocycles. The minimum atomic E-state index is -4.56. The summed E-state index contributed by atoms with van der Waals surface area (Å²) in [5, 5.41) is -0.0962. The first kappa shape index (κ1) is 19.0. The number of carbonyl (C=O) groups excluding carboxylic acids is 1. The van der Waals surface area contributed by atoms with E-state index >= 15 is 0 Å². The maximum absolute atomic E-state index is 12.8. The van der Waals surface area contributed by atoms with Crippen molar-refractivity contribution in [3.63, 3.8) is 0 Å². The summed E-state index contributed by atoms with van der Waals surface area (Å²) in [4.78, 5) is 19.6. The Morgan fingerprint density at radius 3 is 2.40 bits per heavy atom. The summed E-state index contributed by atoms with van der Waals surface area (Å²) in [5.74, 6) is 0.480. The zero-order chi connectivity index (χ0) is 18.6. The van der Waals surface area contributed by atoms with Crippen LogP contribution in [0.25, 0.3) is 0 Å². The zero-order valence-corrected chi connectivity index (χ0v) is 14.5. The fourth-order valence-corrected chi connectivity index (χ4v) is 2.77. The van der Waals surface area contributed by atoms with Crippen molar-refractivity contribution in [1.82, 2.24) is 9.97 Å². The molecule has 1 heterocycles. The van der Waals surface area contributed by atoms with Gasteiger partial charge in [0.2, 0.25) is 0 Å². The van der Waals surface area contributed by atoms with Crippen molar-refractivity contribution >= 4 is 17.5 Å². The largest absolute Gasteiger partial charge is 0.493 e. The van der Waals surface area contributed by atoms with Crippen LogP contribution in [-0.2, 0) is 6.18 Å². The van der Waals surface area contributed by atoms with Gasteiger partial charge in [-0.25, -0.2) is 9.97 Å². The number of alkyl halides is 3. The number of ketones is 1. The van der Waals surface area contributed by atoms with Gasteiger partial charge in [-0.1, -0.05) is 11.8 Å².